The molecule has 0 unspecified atom stereocenters. The van der Waals surface area contributed by atoms with Gasteiger partial charge in [-0.05, 0) is 6.07 Å². The molecular formula is C10H8F2N2O2. The Morgan fingerprint density at radius 1 is 1.69 bits per heavy atom. The fraction of sp³-hybridized carbons (Fsp3) is 0.300. The van der Waals surface area contributed by atoms with Crippen LogP contribution in [-0.2, 0) is 16.0 Å². The van der Waals surface area contributed by atoms with Crippen LogP contribution in [0.5, 0.6) is 0 Å². The van der Waals surface area contributed by atoms with E-state index in [0.717, 1.165) is 12.3 Å². The third-order valence-corrected chi connectivity index (χ3v) is 1.95. The Bertz CT molecular complexity index is 441. The topological polar surface area (TPSA) is 63.0 Å². The van der Waals surface area contributed by atoms with Crippen LogP contribution in [0, 0.1) is 11.3 Å². The lowest BCUT2D eigenvalue weighted by Crippen LogP contribution is -2.09. The van der Waals surface area contributed by atoms with Crippen LogP contribution in [0.25, 0.3) is 0 Å². The van der Waals surface area contributed by atoms with Gasteiger partial charge in [0.1, 0.15) is 6.07 Å². The van der Waals surface area contributed by atoms with Gasteiger partial charge in [0.2, 0.25) is 0 Å². The smallest absolute Gasteiger partial charge is 0.311 e. The van der Waals surface area contributed by atoms with Crippen molar-refractivity contribution in [3.63, 3.8) is 0 Å². The Kier molecular flexibility index (Phi) is 3.89. The van der Waals surface area contributed by atoms with Crippen LogP contribution in [0.15, 0.2) is 12.3 Å². The average molecular weight is 226 g/mol. The molecule has 4 nitrogen and oxygen atoms in total. The van der Waals surface area contributed by atoms with Crippen molar-refractivity contribution < 1.29 is 18.3 Å². The van der Waals surface area contributed by atoms with E-state index in [2.05, 4.69) is 9.72 Å². The molecule has 0 amide bonds. The molecule has 1 heterocycles. The molecule has 0 radical (unpaired) electrons. The van der Waals surface area contributed by atoms with Gasteiger partial charge in [0, 0.05) is 11.8 Å². The minimum Gasteiger partial charge on any atom is -0.469 e. The summed E-state index contributed by atoms with van der Waals surface area (Å²) in [5, 5.41) is 8.76. The molecule has 0 saturated heterocycles. The molecule has 0 spiro atoms. The van der Waals surface area contributed by atoms with Crippen LogP contribution >= 0.6 is 0 Å². The molecule has 6 heteroatoms. The average Bonchev–Trinajstić information content (AvgIpc) is 2.28. The second-order valence-electron chi connectivity index (χ2n) is 2.89. The van der Waals surface area contributed by atoms with Crippen molar-refractivity contribution >= 4 is 5.97 Å². The fourth-order valence-corrected chi connectivity index (χ4v) is 1.18. The SMILES string of the molecule is COC(=O)Cc1nccc(C(F)F)c1C#N. The number of hydrogen-bond acceptors (Lipinski definition) is 4. The van der Waals surface area contributed by atoms with E-state index in [1.165, 1.54) is 7.11 Å². The standard InChI is InChI=1S/C10H8F2N2O2/c1-16-9(15)4-8-7(5-13)6(10(11)12)2-3-14-8/h2-3,10H,4H2,1H3. The molecule has 1 aromatic rings. The molecule has 84 valence electrons. The lowest BCUT2D eigenvalue weighted by Gasteiger charge is -2.06. The largest absolute Gasteiger partial charge is 0.469 e. The summed E-state index contributed by atoms with van der Waals surface area (Å²) in [5.74, 6) is -0.629. The minimum atomic E-state index is -2.77. The summed E-state index contributed by atoms with van der Waals surface area (Å²) >= 11 is 0. The van der Waals surface area contributed by atoms with E-state index in [9.17, 15) is 13.6 Å². The molecule has 0 fully saturated rings. The van der Waals surface area contributed by atoms with E-state index in [1.54, 1.807) is 6.07 Å². The quantitative estimate of drug-likeness (QED) is 0.734. The summed E-state index contributed by atoms with van der Waals surface area (Å²) in [6.07, 6.45) is -1.92. The highest BCUT2D eigenvalue weighted by Crippen LogP contribution is 2.23. The lowest BCUT2D eigenvalue weighted by molar-refractivity contribution is -0.139. The van der Waals surface area contributed by atoms with Crippen LogP contribution in [0.1, 0.15) is 23.2 Å². The summed E-state index contributed by atoms with van der Waals surface area (Å²) in [6, 6.07) is 2.68. The van der Waals surface area contributed by atoms with Gasteiger partial charge in [-0.1, -0.05) is 0 Å². The predicted molar refractivity (Wildman–Crippen MR) is 49.6 cm³/mol. The number of carbonyl (C=O) groups is 1. The van der Waals surface area contributed by atoms with Crippen LogP contribution in [-0.4, -0.2) is 18.1 Å². The number of esters is 1. The van der Waals surface area contributed by atoms with Gasteiger partial charge >= 0.3 is 5.97 Å². The summed E-state index contributed by atoms with van der Waals surface area (Å²) < 4.78 is 29.4. The van der Waals surface area contributed by atoms with Crippen molar-refractivity contribution in [2.75, 3.05) is 7.11 Å². The number of pyridine rings is 1. The second kappa shape index (κ2) is 5.16. The number of halogens is 2. The monoisotopic (exact) mass is 226 g/mol. The molecule has 1 rings (SSSR count). The Hall–Kier alpha value is -2.03. The maximum Gasteiger partial charge on any atom is 0.311 e. The maximum atomic E-state index is 12.5. The van der Waals surface area contributed by atoms with E-state index in [-0.39, 0.29) is 17.7 Å². The van der Waals surface area contributed by atoms with Gasteiger partial charge in [0.05, 0.1) is 24.8 Å². The maximum absolute atomic E-state index is 12.5. The number of nitrogens with zero attached hydrogens (tertiary/aromatic N) is 2. The zero-order valence-electron chi connectivity index (χ0n) is 8.41. The minimum absolute atomic E-state index is 0.00662. The Morgan fingerprint density at radius 2 is 2.38 bits per heavy atom. The first-order valence-electron chi connectivity index (χ1n) is 4.33. The molecule has 0 aliphatic heterocycles. The molecule has 0 aliphatic rings. The number of nitriles is 1. The fourth-order valence-electron chi connectivity index (χ4n) is 1.18. The molecule has 0 N–H and O–H groups in total. The highest BCUT2D eigenvalue weighted by Gasteiger charge is 2.18. The number of aromatic nitrogens is 1. The number of alkyl halides is 2. The Balaban J connectivity index is 3.15. The molecule has 16 heavy (non-hydrogen) atoms. The van der Waals surface area contributed by atoms with E-state index in [1.807, 2.05) is 0 Å². The number of rotatable bonds is 3. The molecule has 0 saturated carbocycles. The van der Waals surface area contributed by atoms with Gasteiger partial charge in [0.25, 0.3) is 6.43 Å². The normalized spacial score (nSPS) is 9.94. The van der Waals surface area contributed by atoms with Crippen LogP contribution in [0.3, 0.4) is 0 Å². The van der Waals surface area contributed by atoms with Crippen LogP contribution < -0.4 is 0 Å². The first kappa shape index (κ1) is 12.0. The first-order chi connectivity index (χ1) is 7.60. The van der Waals surface area contributed by atoms with E-state index >= 15 is 0 Å². The second-order valence-corrected chi connectivity index (χ2v) is 2.89. The molecule has 0 bridgehead atoms. The van der Waals surface area contributed by atoms with Crippen LogP contribution in [0.4, 0.5) is 8.78 Å². The first-order valence-corrected chi connectivity index (χ1v) is 4.33. The van der Waals surface area contributed by atoms with E-state index in [0.29, 0.717) is 0 Å². The third kappa shape index (κ3) is 2.51. The van der Waals surface area contributed by atoms with Crippen molar-refractivity contribution in [2.24, 2.45) is 0 Å². The highest BCUT2D eigenvalue weighted by atomic mass is 19.3. The van der Waals surface area contributed by atoms with Crippen molar-refractivity contribution in [1.82, 2.24) is 4.98 Å². The number of hydrogen-bond donors (Lipinski definition) is 0. The summed E-state index contributed by atoms with van der Waals surface area (Å²) in [6.45, 7) is 0. The van der Waals surface area contributed by atoms with Gasteiger partial charge in [0.15, 0.2) is 0 Å². The molecular weight excluding hydrogens is 218 g/mol. The van der Waals surface area contributed by atoms with E-state index in [4.69, 9.17) is 5.26 Å². The number of ether oxygens (including phenoxy) is 1. The van der Waals surface area contributed by atoms with Gasteiger partial charge in [-0.2, -0.15) is 5.26 Å². The number of methoxy groups -OCH3 is 1. The summed E-state index contributed by atoms with van der Waals surface area (Å²) in [5.41, 5.74) is -0.675. The third-order valence-electron chi connectivity index (χ3n) is 1.95. The van der Waals surface area contributed by atoms with Crippen molar-refractivity contribution in [2.45, 2.75) is 12.8 Å². The predicted octanol–water partition coefficient (Wildman–Crippen LogP) is 1.61. The molecule has 1 aromatic heterocycles. The van der Waals surface area contributed by atoms with Gasteiger partial charge in [-0.15, -0.1) is 0 Å². The molecule has 0 atom stereocenters. The zero-order valence-corrected chi connectivity index (χ0v) is 8.41. The Labute approximate surface area is 90.5 Å². The van der Waals surface area contributed by atoms with Crippen molar-refractivity contribution in [1.29, 1.82) is 5.26 Å². The summed E-state index contributed by atoms with van der Waals surface area (Å²) in [4.78, 5) is 14.7. The van der Waals surface area contributed by atoms with Gasteiger partial charge in [-0.25, -0.2) is 8.78 Å². The van der Waals surface area contributed by atoms with Gasteiger partial charge < -0.3 is 4.74 Å². The molecule has 0 aromatic carbocycles. The zero-order chi connectivity index (χ0) is 12.1. The van der Waals surface area contributed by atoms with Crippen molar-refractivity contribution in [3.05, 3.63) is 29.1 Å². The van der Waals surface area contributed by atoms with Crippen LogP contribution in [0.2, 0.25) is 0 Å². The van der Waals surface area contributed by atoms with Gasteiger partial charge in [-0.3, -0.25) is 9.78 Å². The Morgan fingerprint density at radius 3 is 2.88 bits per heavy atom. The summed E-state index contributed by atoms with van der Waals surface area (Å²) in [7, 11) is 1.17. The van der Waals surface area contributed by atoms with Crippen molar-refractivity contribution in [3.8, 4) is 6.07 Å². The van der Waals surface area contributed by atoms with E-state index < -0.39 is 18.0 Å². The lowest BCUT2D eigenvalue weighted by atomic mass is 10.1. The number of carbonyl (C=O) groups excluding carboxylic acids is 1. The molecule has 0 aliphatic carbocycles. The highest BCUT2D eigenvalue weighted by molar-refractivity contribution is 5.72.